The summed E-state index contributed by atoms with van der Waals surface area (Å²) in [5.74, 6) is 0. The highest BCUT2D eigenvalue weighted by Gasteiger charge is 2.19. The van der Waals surface area contributed by atoms with Gasteiger partial charge in [0.15, 0.2) is 0 Å². The lowest BCUT2D eigenvalue weighted by Crippen LogP contribution is -1.91. The van der Waals surface area contributed by atoms with Crippen LogP contribution in [0.15, 0.2) is 145 Å². The fourth-order valence-corrected chi connectivity index (χ4v) is 4.72. The van der Waals surface area contributed by atoms with Crippen LogP contribution in [-0.2, 0) is 0 Å². The molecule has 0 unspecified atom stereocenters. The van der Waals surface area contributed by atoms with E-state index in [0.29, 0.717) is 0 Å². The summed E-state index contributed by atoms with van der Waals surface area (Å²) in [5, 5.41) is 2.54. The van der Waals surface area contributed by atoms with Gasteiger partial charge in [-0.05, 0) is 61.4 Å². The largest absolute Gasteiger partial charge is 0.0622 e. The quantitative estimate of drug-likeness (QED) is 0.313. The minimum absolute atomic E-state index is 1.23. The van der Waals surface area contributed by atoms with Crippen molar-refractivity contribution in [1.82, 2.24) is 0 Å². The molecule has 0 N–H and O–H groups in total. The molecule has 0 radical (unpaired) electrons. The van der Waals surface area contributed by atoms with Gasteiger partial charge in [0, 0.05) is 0 Å². The Morgan fingerprint density at radius 3 is 2.28 bits per heavy atom. The number of allylic oxidation sites excluding steroid dienone is 12. The molecule has 0 heteroatoms. The van der Waals surface area contributed by atoms with Gasteiger partial charge in [-0.25, -0.2) is 0 Å². The van der Waals surface area contributed by atoms with E-state index >= 15 is 0 Å². The Morgan fingerprint density at radius 1 is 0.438 bits per heavy atom. The van der Waals surface area contributed by atoms with Crippen LogP contribution in [-0.4, -0.2) is 0 Å². The van der Waals surface area contributed by atoms with Crippen molar-refractivity contribution in [2.75, 3.05) is 0 Å². The first-order valence-electron chi connectivity index (χ1n) is 11.0. The topological polar surface area (TPSA) is 0 Å². The summed E-state index contributed by atoms with van der Waals surface area (Å²) in [6.45, 7) is 0. The number of benzene rings is 2. The second-order valence-electron chi connectivity index (χ2n) is 8.18. The van der Waals surface area contributed by atoms with E-state index < -0.39 is 0 Å². The first kappa shape index (κ1) is 18.6. The molecular formula is C32H22. The SMILES string of the molecule is C1=CC=C2C=CC(c3cccc4ccccc34)=C(c3ccc4cccccc3-4)C=C2C=C1. The van der Waals surface area contributed by atoms with Crippen LogP contribution in [0, 0.1) is 0 Å². The molecule has 0 amide bonds. The first-order chi connectivity index (χ1) is 15.9. The monoisotopic (exact) mass is 406 g/mol. The van der Waals surface area contributed by atoms with Crippen LogP contribution in [0.25, 0.3) is 33.0 Å². The molecule has 0 aliphatic heterocycles. The molecule has 150 valence electrons. The summed E-state index contributed by atoms with van der Waals surface area (Å²) in [5.41, 5.74) is 10.0. The predicted molar refractivity (Wildman–Crippen MR) is 137 cm³/mol. The molecule has 0 spiro atoms. The number of rotatable bonds is 2. The van der Waals surface area contributed by atoms with Gasteiger partial charge in [-0.3, -0.25) is 0 Å². The Balaban J connectivity index is 1.69. The van der Waals surface area contributed by atoms with Crippen LogP contribution < -0.4 is 0 Å². The van der Waals surface area contributed by atoms with Crippen molar-refractivity contribution in [2.24, 2.45) is 0 Å². The van der Waals surface area contributed by atoms with Gasteiger partial charge in [-0.15, -0.1) is 0 Å². The van der Waals surface area contributed by atoms with Gasteiger partial charge in [0.25, 0.3) is 0 Å². The van der Waals surface area contributed by atoms with E-state index in [0.717, 1.165) is 0 Å². The molecule has 0 saturated carbocycles. The van der Waals surface area contributed by atoms with E-state index in [9.17, 15) is 0 Å². The van der Waals surface area contributed by atoms with E-state index in [1.165, 1.54) is 55.3 Å². The molecule has 0 aromatic heterocycles. The molecule has 0 fully saturated rings. The maximum absolute atomic E-state index is 2.36. The Labute approximate surface area is 188 Å². The summed E-state index contributed by atoms with van der Waals surface area (Å²) >= 11 is 0. The van der Waals surface area contributed by atoms with Crippen LogP contribution >= 0.6 is 0 Å². The molecule has 2 aromatic rings. The minimum atomic E-state index is 1.23. The van der Waals surface area contributed by atoms with Crippen LogP contribution in [0.1, 0.15) is 11.1 Å². The van der Waals surface area contributed by atoms with Crippen molar-refractivity contribution in [3.8, 4) is 11.1 Å². The van der Waals surface area contributed by atoms with E-state index in [1.807, 2.05) is 0 Å². The number of hydrogen-bond acceptors (Lipinski definition) is 0. The van der Waals surface area contributed by atoms with E-state index in [4.69, 9.17) is 0 Å². The fraction of sp³-hybridized carbons (Fsp3) is 0. The zero-order valence-corrected chi connectivity index (χ0v) is 17.7. The molecule has 0 atom stereocenters. The average Bonchev–Trinajstić information content (AvgIpc) is 3.02. The van der Waals surface area contributed by atoms with Crippen molar-refractivity contribution >= 4 is 21.9 Å². The molecule has 6 rings (SSSR count). The molecule has 32 heavy (non-hydrogen) atoms. The summed E-state index contributed by atoms with van der Waals surface area (Å²) in [6, 6.07) is 30.5. The average molecular weight is 407 g/mol. The van der Waals surface area contributed by atoms with Gasteiger partial charge in [0.1, 0.15) is 0 Å². The second-order valence-corrected chi connectivity index (χ2v) is 8.18. The smallest absolute Gasteiger partial charge is 0.00928 e. The van der Waals surface area contributed by atoms with Crippen molar-refractivity contribution < 1.29 is 0 Å². The summed E-state index contributed by atoms with van der Waals surface area (Å²) in [4.78, 5) is 0. The molecule has 4 aliphatic carbocycles. The van der Waals surface area contributed by atoms with E-state index in [2.05, 4.69) is 134 Å². The Hall–Kier alpha value is -4.16. The van der Waals surface area contributed by atoms with Gasteiger partial charge < -0.3 is 0 Å². The third-order valence-corrected chi connectivity index (χ3v) is 6.29. The van der Waals surface area contributed by atoms with Crippen molar-refractivity contribution in [3.63, 3.8) is 0 Å². The van der Waals surface area contributed by atoms with Crippen molar-refractivity contribution in [3.05, 3.63) is 156 Å². The maximum Gasteiger partial charge on any atom is -0.00928 e. The van der Waals surface area contributed by atoms with Gasteiger partial charge in [-0.1, -0.05) is 127 Å². The van der Waals surface area contributed by atoms with Gasteiger partial charge in [0.05, 0.1) is 0 Å². The van der Waals surface area contributed by atoms with Crippen molar-refractivity contribution in [1.29, 1.82) is 0 Å². The molecule has 2 aromatic carbocycles. The first-order valence-corrected chi connectivity index (χ1v) is 11.0. The molecule has 0 nitrogen and oxygen atoms in total. The molecule has 0 saturated heterocycles. The molecule has 0 bridgehead atoms. The third kappa shape index (κ3) is 3.18. The lowest BCUT2D eigenvalue weighted by Gasteiger charge is -2.13. The lowest BCUT2D eigenvalue weighted by atomic mass is 9.90. The van der Waals surface area contributed by atoms with Gasteiger partial charge in [-0.2, -0.15) is 0 Å². The highest BCUT2D eigenvalue weighted by molar-refractivity contribution is 6.09. The standard InChI is InChI=1S/C32H22/c1-3-10-23-18-20-31(29-17-9-14-24-12-7-8-16-27(24)29)32(22-26(23)13-5-1)30-21-19-25-11-4-2-6-15-28(25)30/h1-22H. The van der Waals surface area contributed by atoms with Crippen molar-refractivity contribution in [2.45, 2.75) is 0 Å². The van der Waals surface area contributed by atoms with Crippen LogP contribution in [0.4, 0.5) is 0 Å². The van der Waals surface area contributed by atoms with E-state index in [-0.39, 0.29) is 0 Å². The maximum atomic E-state index is 2.36. The molecule has 0 heterocycles. The Morgan fingerprint density at radius 2 is 1.28 bits per heavy atom. The lowest BCUT2D eigenvalue weighted by molar-refractivity contribution is 1.57. The summed E-state index contributed by atoms with van der Waals surface area (Å²) < 4.78 is 0. The molecule has 4 aliphatic rings. The van der Waals surface area contributed by atoms with E-state index in [1.54, 1.807) is 0 Å². The Bertz CT molecular complexity index is 1490. The minimum Gasteiger partial charge on any atom is -0.0622 e. The second kappa shape index (κ2) is 7.83. The van der Waals surface area contributed by atoms with Crippen LogP contribution in [0.5, 0.6) is 0 Å². The number of hydrogen-bond donors (Lipinski definition) is 0. The highest BCUT2D eigenvalue weighted by Crippen LogP contribution is 2.41. The zero-order chi connectivity index (χ0) is 21.3. The van der Waals surface area contributed by atoms with Crippen LogP contribution in [0.3, 0.4) is 0 Å². The van der Waals surface area contributed by atoms with Crippen LogP contribution in [0.2, 0.25) is 0 Å². The summed E-state index contributed by atoms with van der Waals surface area (Å²) in [6.07, 6.45) is 17.6. The summed E-state index contributed by atoms with van der Waals surface area (Å²) in [7, 11) is 0. The highest BCUT2D eigenvalue weighted by atomic mass is 14.2. The molecular weight excluding hydrogens is 384 g/mol. The number of fused-ring (bicyclic) bond motifs is 3. The fourth-order valence-electron chi connectivity index (χ4n) is 4.72. The zero-order valence-electron chi connectivity index (χ0n) is 17.7. The third-order valence-electron chi connectivity index (χ3n) is 6.29. The Kier molecular flexibility index (Phi) is 4.55. The predicted octanol–water partition coefficient (Wildman–Crippen LogP) is 8.40. The van der Waals surface area contributed by atoms with Gasteiger partial charge in [0.2, 0.25) is 0 Å². The normalized spacial score (nSPS) is 15.4. The van der Waals surface area contributed by atoms with Gasteiger partial charge >= 0.3 is 0 Å².